The van der Waals surface area contributed by atoms with Crippen molar-refractivity contribution in [1.29, 1.82) is 5.26 Å². The lowest BCUT2D eigenvalue weighted by Gasteiger charge is -1.97. The van der Waals surface area contributed by atoms with Crippen LogP contribution < -0.4 is 0 Å². The Morgan fingerprint density at radius 3 is 2.86 bits per heavy atom. The molecule has 2 aromatic rings. The Balaban J connectivity index is 2.79. The van der Waals surface area contributed by atoms with Gasteiger partial charge in [-0.3, -0.25) is 0 Å². The molecule has 0 saturated heterocycles. The number of halogens is 2. The summed E-state index contributed by atoms with van der Waals surface area (Å²) < 4.78 is 13.9. The van der Waals surface area contributed by atoms with E-state index in [-0.39, 0.29) is 5.82 Å². The second-order valence-corrected chi connectivity index (χ2v) is 4.48. The smallest absolute Gasteiger partial charge is 0.124 e. The highest BCUT2D eigenvalue weighted by Gasteiger charge is 2.07. The van der Waals surface area contributed by atoms with Gasteiger partial charge in [-0.15, -0.1) is 11.3 Å². The number of nitriles is 1. The molecule has 0 bridgehead atoms. The minimum atomic E-state index is -0.252. The molecule has 0 spiro atoms. The van der Waals surface area contributed by atoms with Gasteiger partial charge in [0.25, 0.3) is 0 Å². The summed E-state index contributed by atoms with van der Waals surface area (Å²) in [6, 6.07) is 6.83. The van der Waals surface area contributed by atoms with E-state index in [1.165, 1.54) is 23.5 Å². The molecule has 0 unspecified atom stereocenters. The third-order valence-electron chi connectivity index (χ3n) is 1.94. The van der Waals surface area contributed by atoms with E-state index in [4.69, 9.17) is 5.26 Å². The Bertz CT molecular complexity index is 527. The molecule has 0 atom stereocenters. The average Bonchev–Trinajstić information content (AvgIpc) is 2.59. The zero-order chi connectivity index (χ0) is 10.1. The van der Waals surface area contributed by atoms with Gasteiger partial charge in [0.2, 0.25) is 0 Å². The van der Waals surface area contributed by atoms with Gasteiger partial charge in [-0.05, 0) is 29.1 Å². The Labute approximate surface area is 92.9 Å². The molecule has 0 saturated carbocycles. The van der Waals surface area contributed by atoms with Crippen LogP contribution >= 0.6 is 27.3 Å². The van der Waals surface area contributed by atoms with Crippen molar-refractivity contribution in [1.82, 2.24) is 0 Å². The van der Waals surface area contributed by atoms with Gasteiger partial charge in [-0.2, -0.15) is 5.26 Å². The van der Waals surface area contributed by atoms with E-state index in [1.807, 2.05) is 0 Å². The van der Waals surface area contributed by atoms with Gasteiger partial charge >= 0.3 is 0 Å². The van der Waals surface area contributed by atoms with Gasteiger partial charge in [0, 0.05) is 10.0 Å². The maximum absolute atomic E-state index is 13.1. The molecule has 0 aliphatic heterocycles. The first-order valence-electron chi connectivity index (χ1n) is 3.92. The van der Waals surface area contributed by atoms with Crippen LogP contribution in [0.4, 0.5) is 4.39 Å². The normalized spacial score (nSPS) is 10.4. The Kier molecular flexibility index (Phi) is 2.53. The Hall–Kier alpha value is -0.920. The summed E-state index contributed by atoms with van der Waals surface area (Å²) >= 11 is 4.62. The van der Waals surface area contributed by atoms with E-state index in [2.05, 4.69) is 22.0 Å². The number of thiophene rings is 1. The highest BCUT2D eigenvalue weighted by atomic mass is 79.9. The number of rotatable bonds is 1. The van der Waals surface area contributed by atoms with Crippen molar-refractivity contribution < 1.29 is 4.39 Å². The fraction of sp³-hybridized carbons (Fsp3) is 0.100. The highest BCUT2D eigenvalue weighted by Crippen LogP contribution is 2.30. The van der Waals surface area contributed by atoms with Gasteiger partial charge < -0.3 is 0 Å². The SMILES string of the molecule is N#Cc1cc2c(CBr)cc(F)cc2s1. The van der Waals surface area contributed by atoms with Crippen molar-refractivity contribution in [3.05, 3.63) is 34.5 Å². The van der Waals surface area contributed by atoms with E-state index in [0.29, 0.717) is 10.2 Å². The highest BCUT2D eigenvalue weighted by molar-refractivity contribution is 9.08. The summed E-state index contributed by atoms with van der Waals surface area (Å²) in [5.74, 6) is -0.252. The fourth-order valence-corrected chi connectivity index (χ4v) is 2.73. The number of alkyl halides is 1. The second-order valence-electron chi connectivity index (χ2n) is 2.83. The zero-order valence-electron chi connectivity index (χ0n) is 7.05. The van der Waals surface area contributed by atoms with Crippen LogP contribution in [-0.2, 0) is 5.33 Å². The minimum Gasteiger partial charge on any atom is -0.207 e. The third-order valence-corrected chi connectivity index (χ3v) is 3.53. The van der Waals surface area contributed by atoms with E-state index in [0.717, 1.165) is 15.6 Å². The van der Waals surface area contributed by atoms with Gasteiger partial charge in [0.1, 0.15) is 16.8 Å². The quantitative estimate of drug-likeness (QED) is 0.723. The van der Waals surface area contributed by atoms with Crippen LogP contribution in [-0.4, -0.2) is 0 Å². The van der Waals surface area contributed by atoms with Crippen LogP contribution in [0.1, 0.15) is 10.4 Å². The zero-order valence-corrected chi connectivity index (χ0v) is 9.45. The summed E-state index contributed by atoms with van der Waals surface area (Å²) in [5, 5.41) is 10.3. The van der Waals surface area contributed by atoms with Crippen LogP contribution in [0.15, 0.2) is 18.2 Å². The van der Waals surface area contributed by atoms with E-state index >= 15 is 0 Å². The van der Waals surface area contributed by atoms with E-state index in [9.17, 15) is 4.39 Å². The summed E-state index contributed by atoms with van der Waals surface area (Å²) in [6.07, 6.45) is 0. The summed E-state index contributed by atoms with van der Waals surface area (Å²) in [4.78, 5) is 0.618. The number of benzene rings is 1. The van der Waals surface area contributed by atoms with Crippen molar-refractivity contribution in [2.45, 2.75) is 5.33 Å². The van der Waals surface area contributed by atoms with Crippen LogP contribution in [0, 0.1) is 17.1 Å². The second kappa shape index (κ2) is 3.68. The molecular weight excluding hydrogens is 265 g/mol. The maximum atomic E-state index is 13.1. The molecule has 1 nitrogen and oxygen atoms in total. The molecule has 1 heterocycles. The molecule has 4 heteroatoms. The first-order valence-corrected chi connectivity index (χ1v) is 5.86. The summed E-state index contributed by atoms with van der Waals surface area (Å²) in [5.41, 5.74) is 0.887. The predicted octanol–water partition coefficient (Wildman–Crippen LogP) is 3.81. The topological polar surface area (TPSA) is 23.8 Å². The lowest BCUT2D eigenvalue weighted by atomic mass is 10.1. The maximum Gasteiger partial charge on any atom is 0.124 e. The van der Waals surface area contributed by atoms with Crippen LogP contribution in [0.2, 0.25) is 0 Å². The molecule has 70 valence electrons. The molecule has 0 amide bonds. The van der Waals surface area contributed by atoms with Gasteiger partial charge in [0.15, 0.2) is 0 Å². The van der Waals surface area contributed by atoms with Crippen molar-refractivity contribution in [3.63, 3.8) is 0 Å². The summed E-state index contributed by atoms with van der Waals surface area (Å²) in [6.45, 7) is 0. The standard InChI is InChI=1S/C10H5BrFNS/c11-4-6-1-7(12)2-10-9(6)3-8(5-13)14-10/h1-3H,4H2. The molecule has 0 fully saturated rings. The molecular formula is C10H5BrFNS. The van der Waals surface area contributed by atoms with Crippen LogP contribution in [0.5, 0.6) is 0 Å². The number of hydrogen-bond acceptors (Lipinski definition) is 2. The lowest BCUT2D eigenvalue weighted by Crippen LogP contribution is -1.81. The van der Waals surface area contributed by atoms with Crippen LogP contribution in [0.3, 0.4) is 0 Å². The van der Waals surface area contributed by atoms with E-state index in [1.54, 1.807) is 6.07 Å². The predicted molar refractivity (Wildman–Crippen MR) is 59.1 cm³/mol. The van der Waals surface area contributed by atoms with Gasteiger partial charge in [0.05, 0.1) is 0 Å². The fourth-order valence-electron chi connectivity index (χ4n) is 1.34. The van der Waals surface area contributed by atoms with Crippen molar-refractivity contribution in [3.8, 4) is 6.07 Å². The van der Waals surface area contributed by atoms with Crippen LogP contribution in [0.25, 0.3) is 10.1 Å². The van der Waals surface area contributed by atoms with Gasteiger partial charge in [-0.1, -0.05) is 15.9 Å². The molecule has 1 aromatic carbocycles. The third kappa shape index (κ3) is 1.54. The minimum absolute atomic E-state index is 0.252. The Morgan fingerprint density at radius 1 is 1.43 bits per heavy atom. The number of hydrogen-bond donors (Lipinski definition) is 0. The molecule has 1 aromatic heterocycles. The monoisotopic (exact) mass is 269 g/mol. The molecule has 2 rings (SSSR count). The average molecular weight is 270 g/mol. The molecule has 0 N–H and O–H groups in total. The first kappa shape index (κ1) is 9.63. The number of fused-ring (bicyclic) bond motifs is 1. The summed E-state index contributed by atoms with van der Waals surface area (Å²) in [7, 11) is 0. The van der Waals surface area contributed by atoms with Crippen molar-refractivity contribution in [2.75, 3.05) is 0 Å². The van der Waals surface area contributed by atoms with Crippen molar-refractivity contribution >= 4 is 37.4 Å². The molecule has 0 aliphatic carbocycles. The molecule has 0 aliphatic rings. The lowest BCUT2D eigenvalue weighted by molar-refractivity contribution is 0.629. The number of nitrogens with zero attached hydrogens (tertiary/aromatic N) is 1. The van der Waals surface area contributed by atoms with Crippen molar-refractivity contribution in [2.24, 2.45) is 0 Å². The van der Waals surface area contributed by atoms with Gasteiger partial charge in [-0.25, -0.2) is 4.39 Å². The molecule has 14 heavy (non-hydrogen) atoms. The van der Waals surface area contributed by atoms with E-state index < -0.39 is 0 Å². The largest absolute Gasteiger partial charge is 0.207 e. The Morgan fingerprint density at radius 2 is 2.21 bits per heavy atom. The first-order chi connectivity index (χ1) is 6.74. The molecule has 0 radical (unpaired) electrons.